The van der Waals surface area contributed by atoms with Gasteiger partial charge in [-0.25, -0.2) is 9.18 Å². The van der Waals surface area contributed by atoms with E-state index in [1.807, 2.05) is 90.1 Å². The van der Waals surface area contributed by atoms with E-state index >= 15 is 0 Å². The third-order valence-corrected chi connectivity index (χ3v) is 6.37. The second kappa shape index (κ2) is 11.4. The lowest BCUT2D eigenvalue weighted by Gasteiger charge is -2.29. The van der Waals surface area contributed by atoms with Crippen molar-refractivity contribution in [3.63, 3.8) is 0 Å². The summed E-state index contributed by atoms with van der Waals surface area (Å²) >= 11 is 0. The summed E-state index contributed by atoms with van der Waals surface area (Å²) in [7, 11) is 0. The molecule has 4 aromatic rings. The van der Waals surface area contributed by atoms with Gasteiger partial charge in [0.25, 0.3) is 0 Å². The second-order valence-electron chi connectivity index (χ2n) is 10.7. The number of nitrogens with zero attached hydrogens (tertiary/aromatic N) is 1. The molecule has 1 aromatic heterocycles. The van der Waals surface area contributed by atoms with Crippen molar-refractivity contribution in [2.45, 2.75) is 59.9 Å². The fourth-order valence-electron chi connectivity index (χ4n) is 4.61. The zero-order valence-electron chi connectivity index (χ0n) is 23.2. The maximum absolute atomic E-state index is 13.2. The Bertz CT molecular complexity index is 1450. The smallest absolute Gasteiger partial charge is 0.337 e. The van der Waals surface area contributed by atoms with Gasteiger partial charge >= 0.3 is 5.97 Å². The maximum Gasteiger partial charge on any atom is 0.337 e. The Morgan fingerprint density at radius 1 is 0.846 bits per heavy atom. The number of pyridine rings is 1. The summed E-state index contributed by atoms with van der Waals surface area (Å²) in [5.74, 6) is -0.688. The number of benzene rings is 3. The molecule has 0 aliphatic heterocycles. The third kappa shape index (κ3) is 6.70. The number of aryl methyl sites for hydroxylation is 3. The molecule has 6 heteroatoms. The van der Waals surface area contributed by atoms with Crippen LogP contribution in [0.1, 0.15) is 55.0 Å². The molecule has 0 bridgehead atoms. The van der Waals surface area contributed by atoms with E-state index in [-0.39, 0.29) is 5.82 Å². The number of rotatable bonds is 8. The van der Waals surface area contributed by atoms with Crippen molar-refractivity contribution in [3.05, 3.63) is 107 Å². The van der Waals surface area contributed by atoms with Crippen LogP contribution in [-0.2, 0) is 16.1 Å². The summed E-state index contributed by atoms with van der Waals surface area (Å²) in [5, 5.41) is 10.3. The highest BCUT2D eigenvalue weighted by atomic mass is 19.1. The topological polar surface area (TPSA) is 68.7 Å². The van der Waals surface area contributed by atoms with E-state index in [9.17, 15) is 14.3 Å². The fraction of sp³-hybridized carbons (Fsp3) is 0.273. The average Bonchev–Trinajstić information content (AvgIpc) is 2.87. The minimum absolute atomic E-state index is 0.285. The maximum atomic E-state index is 13.2. The Balaban J connectivity index is 1.82. The highest BCUT2D eigenvalue weighted by molar-refractivity contribution is 5.91. The second-order valence-corrected chi connectivity index (χ2v) is 10.7. The van der Waals surface area contributed by atoms with Gasteiger partial charge in [-0.15, -0.1) is 0 Å². The van der Waals surface area contributed by atoms with Crippen LogP contribution in [0.15, 0.2) is 72.8 Å². The molecule has 0 saturated carbocycles. The van der Waals surface area contributed by atoms with E-state index in [1.165, 1.54) is 12.1 Å². The Labute approximate surface area is 229 Å². The van der Waals surface area contributed by atoms with Gasteiger partial charge in [-0.05, 0) is 88.1 Å². The molecule has 39 heavy (non-hydrogen) atoms. The summed E-state index contributed by atoms with van der Waals surface area (Å²) in [4.78, 5) is 17.3. The molecule has 1 heterocycles. The van der Waals surface area contributed by atoms with Gasteiger partial charge in [-0.3, -0.25) is 4.98 Å². The lowest BCUT2D eigenvalue weighted by atomic mass is 9.86. The van der Waals surface area contributed by atoms with Crippen LogP contribution in [0.2, 0.25) is 0 Å². The fourth-order valence-corrected chi connectivity index (χ4v) is 4.61. The van der Waals surface area contributed by atoms with E-state index < -0.39 is 17.7 Å². The molecule has 1 atom stereocenters. The first-order chi connectivity index (χ1) is 18.4. The van der Waals surface area contributed by atoms with E-state index in [4.69, 9.17) is 14.5 Å². The molecule has 0 fully saturated rings. The SMILES string of the molecule is Cc1ccc(-c2c(-c3ccc(OCc4ccc(F)cc4)cc3)c(C)nc(C)c2C(OC(C)(C)C)C(=O)O)cc1. The normalized spacial score (nSPS) is 12.3. The zero-order chi connectivity index (χ0) is 28.3. The lowest BCUT2D eigenvalue weighted by molar-refractivity contribution is -0.160. The van der Waals surface area contributed by atoms with Crippen molar-refractivity contribution in [2.75, 3.05) is 0 Å². The summed E-state index contributed by atoms with van der Waals surface area (Å²) in [6, 6.07) is 21.9. The number of aliphatic carboxylic acids is 1. The van der Waals surface area contributed by atoms with Crippen LogP contribution in [-0.4, -0.2) is 21.7 Å². The van der Waals surface area contributed by atoms with E-state index in [2.05, 4.69) is 0 Å². The van der Waals surface area contributed by atoms with Crippen LogP contribution in [0.5, 0.6) is 5.75 Å². The predicted octanol–water partition coefficient (Wildman–Crippen LogP) is 8.00. The summed E-state index contributed by atoms with van der Waals surface area (Å²) in [5.41, 5.74) is 6.62. The Kier molecular flexibility index (Phi) is 8.17. The van der Waals surface area contributed by atoms with Gasteiger partial charge in [0.15, 0.2) is 6.10 Å². The lowest BCUT2D eigenvalue weighted by Crippen LogP contribution is -2.28. The van der Waals surface area contributed by atoms with Gasteiger partial charge < -0.3 is 14.6 Å². The van der Waals surface area contributed by atoms with Crippen LogP contribution >= 0.6 is 0 Å². The summed E-state index contributed by atoms with van der Waals surface area (Å²) < 4.78 is 25.2. The van der Waals surface area contributed by atoms with E-state index in [0.29, 0.717) is 23.6 Å². The number of hydrogen-bond acceptors (Lipinski definition) is 4. The van der Waals surface area contributed by atoms with Gasteiger partial charge in [0.1, 0.15) is 18.2 Å². The first-order valence-electron chi connectivity index (χ1n) is 12.9. The number of halogens is 1. The van der Waals surface area contributed by atoms with Crippen molar-refractivity contribution in [2.24, 2.45) is 0 Å². The molecule has 0 amide bonds. The monoisotopic (exact) mass is 527 g/mol. The third-order valence-electron chi connectivity index (χ3n) is 6.37. The van der Waals surface area contributed by atoms with E-state index in [1.54, 1.807) is 12.1 Å². The molecule has 0 aliphatic carbocycles. The number of carboxylic acid groups (broad SMARTS) is 1. The molecule has 1 N–H and O–H groups in total. The predicted molar refractivity (Wildman–Crippen MR) is 151 cm³/mol. The molecule has 0 radical (unpaired) electrons. The van der Waals surface area contributed by atoms with Gasteiger partial charge in [0.05, 0.1) is 5.60 Å². The van der Waals surface area contributed by atoms with Gasteiger partial charge in [-0.2, -0.15) is 0 Å². The number of ether oxygens (including phenoxy) is 2. The van der Waals surface area contributed by atoms with Gasteiger partial charge in [0, 0.05) is 22.5 Å². The minimum Gasteiger partial charge on any atom is -0.489 e. The average molecular weight is 528 g/mol. The standard InChI is InChI=1S/C33H34FNO4/c1-20-7-11-25(12-8-20)30-28(21(2)35-22(3)29(30)31(32(36)37)39-33(4,5)6)24-13-17-27(18-14-24)38-19-23-9-15-26(34)16-10-23/h7-18,31H,19H2,1-6H3,(H,36,37). The quantitative estimate of drug-likeness (QED) is 0.251. The number of aromatic nitrogens is 1. The number of carboxylic acids is 1. The van der Waals surface area contributed by atoms with Crippen molar-refractivity contribution in [3.8, 4) is 28.0 Å². The van der Waals surface area contributed by atoms with E-state index in [0.717, 1.165) is 39.1 Å². The van der Waals surface area contributed by atoms with Gasteiger partial charge in [0.2, 0.25) is 0 Å². The summed E-state index contributed by atoms with van der Waals surface area (Å²) in [6.45, 7) is 11.6. The Hall–Kier alpha value is -4.03. The molecule has 202 valence electrons. The molecule has 1 unspecified atom stereocenters. The van der Waals surface area contributed by atoms with Crippen LogP contribution in [0.4, 0.5) is 4.39 Å². The number of carbonyl (C=O) groups is 1. The minimum atomic E-state index is -1.20. The van der Waals surface area contributed by atoms with Crippen molar-refractivity contribution in [1.29, 1.82) is 0 Å². The van der Waals surface area contributed by atoms with Crippen molar-refractivity contribution >= 4 is 5.97 Å². The Morgan fingerprint density at radius 3 is 1.97 bits per heavy atom. The van der Waals surface area contributed by atoms with Crippen LogP contribution in [0, 0.1) is 26.6 Å². The number of hydrogen-bond donors (Lipinski definition) is 1. The molecular formula is C33H34FNO4. The molecule has 0 spiro atoms. The van der Waals surface area contributed by atoms with Crippen LogP contribution < -0.4 is 4.74 Å². The molecule has 4 rings (SSSR count). The molecule has 5 nitrogen and oxygen atoms in total. The molecule has 0 saturated heterocycles. The molecule has 3 aromatic carbocycles. The first kappa shape index (κ1) is 28.0. The van der Waals surface area contributed by atoms with Gasteiger partial charge in [-0.1, -0.05) is 54.1 Å². The molecule has 0 aliphatic rings. The highest BCUT2D eigenvalue weighted by Gasteiger charge is 2.33. The van der Waals surface area contributed by atoms with Crippen LogP contribution in [0.3, 0.4) is 0 Å². The zero-order valence-corrected chi connectivity index (χ0v) is 23.2. The summed E-state index contributed by atoms with van der Waals surface area (Å²) in [6.07, 6.45) is -1.20. The van der Waals surface area contributed by atoms with Crippen molar-refractivity contribution < 1.29 is 23.8 Å². The van der Waals surface area contributed by atoms with Crippen LogP contribution in [0.25, 0.3) is 22.3 Å². The first-order valence-corrected chi connectivity index (χ1v) is 12.9. The Morgan fingerprint density at radius 2 is 1.41 bits per heavy atom. The largest absolute Gasteiger partial charge is 0.489 e. The highest BCUT2D eigenvalue weighted by Crippen LogP contribution is 2.43. The van der Waals surface area contributed by atoms with Crippen molar-refractivity contribution in [1.82, 2.24) is 4.98 Å². The molecular weight excluding hydrogens is 493 g/mol.